The number of esters is 1. The summed E-state index contributed by atoms with van der Waals surface area (Å²) in [5, 5.41) is 12.0. The molecule has 6 nitrogen and oxygen atoms in total. The normalized spacial score (nSPS) is 10.5. The van der Waals surface area contributed by atoms with Crippen molar-refractivity contribution in [1.29, 1.82) is 5.26 Å². The lowest BCUT2D eigenvalue weighted by Crippen LogP contribution is -2.13. The fraction of sp³-hybridized carbons (Fsp3) is 0.136. The maximum Gasteiger partial charge on any atom is 0.338 e. The van der Waals surface area contributed by atoms with Gasteiger partial charge in [0.25, 0.3) is 5.91 Å². The van der Waals surface area contributed by atoms with Gasteiger partial charge in [-0.25, -0.2) is 4.79 Å². The molecule has 0 radical (unpaired) electrons. The first-order chi connectivity index (χ1) is 13.6. The number of hydrogen-bond donors (Lipinski definition) is 1. The summed E-state index contributed by atoms with van der Waals surface area (Å²) in [6.07, 6.45) is 3.10. The van der Waals surface area contributed by atoms with Crippen LogP contribution in [0.3, 0.4) is 0 Å². The minimum absolute atomic E-state index is 0.0599. The molecule has 6 heteroatoms. The lowest BCUT2D eigenvalue weighted by Gasteiger charge is -2.07. The Morgan fingerprint density at radius 3 is 2.61 bits per heavy atom. The van der Waals surface area contributed by atoms with Gasteiger partial charge in [0.2, 0.25) is 0 Å². The number of carbonyl (C=O) groups excluding carboxylic acids is 2. The van der Waals surface area contributed by atoms with Crippen LogP contribution in [0.4, 0.5) is 5.69 Å². The van der Waals surface area contributed by atoms with Crippen LogP contribution in [0, 0.1) is 11.3 Å². The summed E-state index contributed by atoms with van der Waals surface area (Å²) in [6, 6.07) is 15.2. The van der Waals surface area contributed by atoms with Gasteiger partial charge in [-0.1, -0.05) is 24.8 Å². The minimum Gasteiger partial charge on any atom is -0.490 e. The van der Waals surface area contributed by atoms with Crippen LogP contribution in [-0.4, -0.2) is 25.1 Å². The van der Waals surface area contributed by atoms with Crippen molar-refractivity contribution < 1.29 is 19.1 Å². The molecular weight excluding hydrogens is 356 g/mol. The van der Waals surface area contributed by atoms with Crippen molar-refractivity contribution in [2.24, 2.45) is 0 Å². The first kappa shape index (κ1) is 20.5. The average Bonchev–Trinajstić information content (AvgIpc) is 2.71. The Kier molecular flexibility index (Phi) is 7.55. The lowest BCUT2D eigenvalue weighted by molar-refractivity contribution is -0.112. The molecule has 0 unspecified atom stereocenters. The molecular formula is C22H20N2O4. The highest BCUT2D eigenvalue weighted by Gasteiger charge is 2.11. The predicted octanol–water partition coefficient (Wildman–Crippen LogP) is 3.97. The van der Waals surface area contributed by atoms with E-state index >= 15 is 0 Å². The number of amides is 1. The molecule has 1 amide bonds. The number of nitriles is 1. The third-order valence-electron chi connectivity index (χ3n) is 3.56. The number of carbonyl (C=O) groups is 2. The number of anilines is 1. The second-order valence-electron chi connectivity index (χ2n) is 5.59. The maximum absolute atomic E-state index is 12.4. The number of rotatable bonds is 8. The first-order valence-electron chi connectivity index (χ1n) is 8.61. The number of nitrogens with one attached hydrogen (secondary N) is 1. The van der Waals surface area contributed by atoms with Crippen LogP contribution in [0.5, 0.6) is 5.75 Å². The fourth-order valence-corrected chi connectivity index (χ4v) is 2.27. The molecule has 0 aliphatic rings. The smallest absolute Gasteiger partial charge is 0.338 e. The number of hydrogen-bond acceptors (Lipinski definition) is 5. The van der Waals surface area contributed by atoms with Gasteiger partial charge >= 0.3 is 5.97 Å². The van der Waals surface area contributed by atoms with E-state index in [-0.39, 0.29) is 12.2 Å². The van der Waals surface area contributed by atoms with Crippen LogP contribution in [0.15, 0.2) is 66.8 Å². The van der Waals surface area contributed by atoms with Gasteiger partial charge in [-0.15, -0.1) is 0 Å². The summed E-state index contributed by atoms with van der Waals surface area (Å²) in [4.78, 5) is 24.0. The molecule has 0 aliphatic heterocycles. The molecule has 0 atom stereocenters. The van der Waals surface area contributed by atoms with Crippen LogP contribution < -0.4 is 10.1 Å². The van der Waals surface area contributed by atoms with Crippen LogP contribution in [-0.2, 0) is 9.53 Å². The molecule has 0 saturated carbocycles. The van der Waals surface area contributed by atoms with Crippen molar-refractivity contribution >= 4 is 23.6 Å². The zero-order chi connectivity index (χ0) is 20.4. The van der Waals surface area contributed by atoms with E-state index in [9.17, 15) is 14.9 Å². The number of benzene rings is 2. The Bertz CT molecular complexity index is 924. The molecule has 0 heterocycles. The van der Waals surface area contributed by atoms with Crippen LogP contribution >= 0.6 is 0 Å². The van der Waals surface area contributed by atoms with Gasteiger partial charge < -0.3 is 14.8 Å². The summed E-state index contributed by atoms with van der Waals surface area (Å²) in [5.41, 5.74) is 1.44. The molecule has 28 heavy (non-hydrogen) atoms. The highest BCUT2D eigenvalue weighted by atomic mass is 16.5. The summed E-state index contributed by atoms with van der Waals surface area (Å²) < 4.78 is 10.4. The predicted molar refractivity (Wildman–Crippen MR) is 107 cm³/mol. The Balaban J connectivity index is 2.11. The Morgan fingerprint density at radius 2 is 1.96 bits per heavy atom. The van der Waals surface area contributed by atoms with Gasteiger partial charge in [-0.2, -0.15) is 5.26 Å². The van der Waals surface area contributed by atoms with E-state index in [2.05, 4.69) is 11.9 Å². The fourth-order valence-electron chi connectivity index (χ4n) is 2.27. The molecule has 0 spiro atoms. The van der Waals surface area contributed by atoms with E-state index in [0.717, 1.165) is 0 Å². The summed E-state index contributed by atoms with van der Waals surface area (Å²) in [7, 11) is 0. The zero-order valence-electron chi connectivity index (χ0n) is 15.5. The van der Waals surface area contributed by atoms with Gasteiger partial charge in [0, 0.05) is 5.69 Å². The number of ether oxygens (including phenoxy) is 2. The summed E-state index contributed by atoms with van der Waals surface area (Å²) >= 11 is 0. The Hall–Kier alpha value is -3.85. The SMILES string of the molecule is C=CCOc1cccc(/C=C(/C#N)C(=O)Nc2ccc(C(=O)OCC)cc2)c1. The Labute approximate surface area is 163 Å². The van der Waals surface area contributed by atoms with Gasteiger partial charge in [-0.3, -0.25) is 4.79 Å². The molecule has 2 rings (SSSR count). The van der Waals surface area contributed by atoms with E-state index in [1.54, 1.807) is 61.5 Å². The number of nitrogens with zero attached hydrogens (tertiary/aromatic N) is 1. The zero-order valence-corrected chi connectivity index (χ0v) is 15.5. The molecule has 0 aromatic heterocycles. The minimum atomic E-state index is -0.552. The largest absolute Gasteiger partial charge is 0.490 e. The van der Waals surface area contributed by atoms with Gasteiger partial charge in [0.1, 0.15) is 24.0 Å². The highest BCUT2D eigenvalue weighted by molar-refractivity contribution is 6.09. The quantitative estimate of drug-likeness (QED) is 0.326. The topological polar surface area (TPSA) is 88.4 Å². The van der Waals surface area contributed by atoms with E-state index in [0.29, 0.717) is 29.2 Å². The van der Waals surface area contributed by atoms with Crippen LogP contribution in [0.25, 0.3) is 6.08 Å². The standard InChI is InChI=1S/C22H20N2O4/c1-3-12-28-20-7-5-6-16(14-20)13-18(15-23)21(25)24-19-10-8-17(9-11-19)22(26)27-4-2/h3,5-11,13-14H,1,4,12H2,2H3,(H,24,25)/b18-13-. The van der Waals surface area contributed by atoms with Gasteiger partial charge in [-0.05, 0) is 55.0 Å². The first-order valence-corrected chi connectivity index (χ1v) is 8.61. The van der Waals surface area contributed by atoms with Crippen LogP contribution in [0.2, 0.25) is 0 Å². The van der Waals surface area contributed by atoms with E-state index < -0.39 is 11.9 Å². The van der Waals surface area contributed by atoms with E-state index in [4.69, 9.17) is 9.47 Å². The molecule has 0 fully saturated rings. The monoisotopic (exact) mass is 376 g/mol. The highest BCUT2D eigenvalue weighted by Crippen LogP contribution is 2.17. The van der Waals surface area contributed by atoms with Crippen molar-refractivity contribution in [2.45, 2.75) is 6.92 Å². The second kappa shape index (κ2) is 10.3. The molecule has 1 N–H and O–H groups in total. The molecule has 0 saturated heterocycles. The maximum atomic E-state index is 12.4. The third kappa shape index (κ3) is 5.85. The van der Waals surface area contributed by atoms with E-state index in [1.165, 1.54) is 6.08 Å². The van der Waals surface area contributed by atoms with Crippen molar-refractivity contribution in [2.75, 3.05) is 18.5 Å². The molecule has 0 bridgehead atoms. The molecule has 142 valence electrons. The second-order valence-corrected chi connectivity index (χ2v) is 5.59. The summed E-state index contributed by atoms with van der Waals surface area (Å²) in [6.45, 7) is 5.96. The Morgan fingerprint density at radius 1 is 1.21 bits per heavy atom. The van der Waals surface area contributed by atoms with Crippen LogP contribution in [0.1, 0.15) is 22.8 Å². The lowest BCUT2D eigenvalue weighted by atomic mass is 10.1. The van der Waals surface area contributed by atoms with Crippen molar-refractivity contribution in [3.8, 4) is 11.8 Å². The van der Waals surface area contributed by atoms with E-state index in [1.807, 2.05) is 6.07 Å². The van der Waals surface area contributed by atoms with Crippen molar-refractivity contribution in [3.05, 3.63) is 77.9 Å². The van der Waals surface area contributed by atoms with Gasteiger partial charge in [0.15, 0.2) is 0 Å². The molecule has 0 aliphatic carbocycles. The third-order valence-corrected chi connectivity index (χ3v) is 3.56. The van der Waals surface area contributed by atoms with Gasteiger partial charge in [0.05, 0.1) is 12.2 Å². The van der Waals surface area contributed by atoms with Crippen molar-refractivity contribution in [1.82, 2.24) is 0 Å². The average molecular weight is 376 g/mol. The van der Waals surface area contributed by atoms with Crippen molar-refractivity contribution in [3.63, 3.8) is 0 Å². The summed E-state index contributed by atoms with van der Waals surface area (Å²) in [5.74, 6) is -0.374. The molecule has 2 aromatic carbocycles. The molecule has 2 aromatic rings.